The molecule has 0 aliphatic carbocycles. The molecule has 2 rings (SSSR count). The maximum absolute atomic E-state index is 11.4. The Labute approximate surface area is 118 Å². The highest BCUT2D eigenvalue weighted by Crippen LogP contribution is 2.35. The second-order valence-electron chi connectivity index (χ2n) is 5.93. The maximum Gasteiger partial charge on any atom is 0.333 e. The van der Waals surface area contributed by atoms with Crippen LogP contribution in [0.15, 0.2) is 0 Å². The van der Waals surface area contributed by atoms with Crippen LogP contribution in [0.1, 0.15) is 38.9 Å². The Kier molecular flexibility index (Phi) is 3.99. The lowest BCUT2D eigenvalue weighted by atomic mass is 9.94. The van der Waals surface area contributed by atoms with Gasteiger partial charge in [-0.15, -0.1) is 0 Å². The fraction of sp³-hybridized carbons (Fsp3) is 0.769. The molecular weight excluding hydrogens is 258 g/mol. The Morgan fingerprint density at radius 2 is 2.15 bits per heavy atom. The molecule has 2 atom stereocenters. The van der Waals surface area contributed by atoms with Gasteiger partial charge in [0.25, 0.3) is 0 Å². The Balaban J connectivity index is 2.46. The molecular formula is C13H23N5O2. The van der Waals surface area contributed by atoms with Crippen molar-refractivity contribution in [2.45, 2.75) is 46.2 Å². The first-order chi connectivity index (χ1) is 9.32. The van der Waals surface area contributed by atoms with E-state index in [0.29, 0.717) is 24.0 Å². The van der Waals surface area contributed by atoms with Crippen molar-refractivity contribution in [3.8, 4) is 0 Å². The highest BCUT2D eigenvalue weighted by molar-refractivity contribution is 5.62. The van der Waals surface area contributed by atoms with Crippen LogP contribution in [0.5, 0.6) is 0 Å². The Morgan fingerprint density at radius 1 is 1.50 bits per heavy atom. The van der Waals surface area contributed by atoms with Gasteiger partial charge in [0.05, 0.1) is 4.92 Å². The van der Waals surface area contributed by atoms with Crippen molar-refractivity contribution in [3.63, 3.8) is 0 Å². The molecule has 0 spiro atoms. The van der Waals surface area contributed by atoms with Crippen molar-refractivity contribution in [3.05, 3.63) is 15.8 Å². The average Bonchev–Trinajstić information content (AvgIpc) is 2.70. The van der Waals surface area contributed by atoms with E-state index in [1.165, 1.54) is 0 Å². The van der Waals surface area contributed by atoms with E-state index in [-0.39, 0.29) is 22.7 Å². The molecule has 1 aliphatic heterocycles. The zero-order chi connectivity index (χ0) is 15.0. The first-order valence-corrected chi connectivity index (χ1v) is 7.07. The minimum Gasteiger partial charge on any atom is -0.349 e. The van der Waals surface area contributed by atoms with Gasteiger partial charge in [-0.2, -0.15) is 5.10 Å². The lowest BCUT2D eigenvalue weighted by Crippen LogP contribution is -2.48. The number of aryl methyl sites for hydroxylation is 1. The van der Waals surface area contributed by atoms with E-state index in [1.807, 2.05) is 18.7 Å². The first kappa shape index (κ1) is 14.8. The van der Waals surface area contributed by atoms with Crippen LogP contribution in [0.3, 0.4) is 0 Å². The zero-order valence-corrected chi connectivity index (χ0v) is 12.5. The average molecular weight is 281 g/mol. The zero-order valence-electron chi connectivity index (χ0n) is 12.5. The predicted molar refractivity (Wildman–Crippen MR) is 78.0 cm³/mol. The van der Waals surface area contributed by atoms with Crippen LogP contribution in [0.4, 0.5) is 11.5 Å². The first-order valence-electron chi connectivity index (χ1n) is 7.07. The normalized spacial score (nSPS) is 23.4. The van der Waals surface area contributed by atoms with Gasteiger partial charge in [0.15, 0.2) is 0 Å². The molecule has 0 aromatic carbocycles. The van der Waals surface area contributed by atoms with Gasteiger partial charge in [0.2, 0.25) is 5.82 Å². The molecule has 1 saturated heterocycles. The number of rotatable bonds is 3. The lowest BCUT2D eigenvalue weighted by molar-refractivity contribution is -0.384. The van der Waals surface area contributed by atoms with Crippen molar-refractivity contribution < 1.29 is 4.92 Å². The molecule has 7 nitrogen and oxygen atoms in total. The molecule has 1 aromatic rings. The Hall–Kier alpha value is -1.63. The topological polar surface area (TPSA) is 90.2 Å². The number of anilines is 1. The summed E-state index contributed by atoms with van der Waals surface area (Å²) in [7, 11) is 0. The number of nitrogens with zero attached hydrogens (tertiary/aromatic N) is 4. The maximum atomic E-state index is 11.4. The van der Waals surface area contributed by atoms with Crippen LogP contribution in [-0.2, 0) is 0 Å². The molecule has 20 heavy (non-hydrogen) atoms. The van der Waals surface area contributed by atoms with E-state index >= 15 is 0 Å². The van der Waals surface area contributed by atoms with Crippen LogP contribution in [0.2, 0.25) is 0 Å². The van der Waals surface area contributed by atoms with Crippen LogP contribution in [0.25, 0.3) is 0 Å². The standard InChI is InChI=1S/C13H23N5O2/c1-8(2)17-13(12(18(19)20)10(4)15-17)16-6-5-9(3)11(14)7-16/h8-9,11H,5-7,14H2,1-4H3. The summed E-state index contributed by atoms with van der Waals surface area (Å²) in [6.07, 6.45) is 0.945. The number of nitro groups is 1. The predicted octanol–water partition coefficient (Wildman–Crippen LogP) is 1.85. The molecule has 7 heteroatoms. The third kappa shape index (κ3) is 2.49. The van der Waals surface area contributed by atoms with Crippen molar-refractivity contribution in [2.24, 2.45) is 11.7 Å². The van der Waals surface area contributed by atoms with Crippen LogP contribution >= 0.6 is 0 Å². The minimum absolute atomic E-state index is 0.0409. The van der Waals surface area contributed by atoms with Crippen LogP contribution < -0.4 is 10.6 Å². The van der Waals surface area contributed by atoms with Crippen LogP contribution in [-0.4, -0.2) is 33.8 Å². The second-order valence-corrected chi connectivity index (χ2v) is 5.93. The number of hydrogen-bond acceptors (Lipinski definition) is 5. The molecule has 2 N–H and O–H groups in total. The largest absolute Gasteiger partial charge is 0.349 e. The molecule has 2 unspecified atom stereocenters. The molecule has 0 radical (unpaired) electrons. The van der Waals surface area contributed by atoms with E-state index < -0.39 is 0 Å². The van der Waals surface area contributed by atoms with E-state index in [0.717, 1.165) is 13.0 Å². The Bertz CT molecular complexity index is 511. The molecule has 0 saturated carbocycles. The third-order valence-electron chi connectivity index (χ3n) is 4.02. The summed E-state index contributed by atoms with van der Waals surface area (Å²) in [5, 5.41) is 15.7. The van der Waals surface area contributed by atoms with Gasteiger partial charge in [-0.1, -0.05) is 6.92 Å². The summed E-state index contributed by atoms with van der Waals surface area (Å²) in [5.74, 6) is 1.05. The molecule has 112 valence electrons. The van der Waals surface area contributed by atoms with Gasteiger partial charge in [-0.25, -0.2) is 4.68 Å². The van der Waals surface area contributed by atoms with Crippen LogP contribution in [0, 0.1) is 23.0 Å². The van der Waals surface area contributed by atoms with E-state index in [4.69, 9.17) is 5.73 Å². The molecule has 0 bridgehead atoms. The summed E-state index contributed by atoms with van der Waals surface area (Å²) < 4.78 is 1.75. The molecule has 2 heterocycles. The Morgan fingerprint density at radius 3 is 2.65 bits per heavy atom. The SMILES string of the molecule is Cc1nn(C(C)C)c(N2CCC(C)C(N)C2)c1[N+](=O)[O-]. The fourth-order valence-corrected chi connectivity index (χ4v) is 2.69. The number of hydrogen-bond donors (Lipinski definition) is 1. The lowest BCUT2D eigenvalue weighted by Gasteiger charge is -2.36. The third-order valence-corrected chi connectivity index (χ3v) is 4.02. The second kappa shape index (κ2) is 5.40. The quantitative estimate of drug-likeness (QED) is 0.674. The van der Waals surface area contributed by atoms with Gasteiger partial charge in [-0.05, 0) is 33.1 Å². The molecule has 1 fully saturated rings. The number of piperidine rings is 1. The summed E-state index contributed by atoms with van der Waals surface area (Å²) in [6, 6.07) is 0.118. The van der Waals surface area contributed by atoms with Gasteiger partial charge in [0, 0.05) is 25.2 Å². The van der Waals surface area contributed by atoms with Gasteiger partial charge >= 0.3 is 5.69 Å². The monoisotopic (exact) mass is 281 g/mol. The molecule has 1 aliphatic rings. The number of nitrogens with two attached hydrogens (primary N) is 1. The van der Waals surface area contributed by atoms with E-state index in [9.17, 15) is 10.1 Å². The van der Waals surface area contributed by atoms with Gasteiger partial charge in [-0.3, -0.25) is 10.1 Å². The van der Waals surface area contributed by atoms with Crippen molar-refractivity contribution in [1.29, 1.82) is 0 Å². The summed E-state index contributed by atoms with van der Waals surface area (Å²) in [6.45, 7) is 9.19. The smallest absolute Gasteiger partial charge is 0.333 e. The van der Waals surface area contributed by atoms with Crippen molar-refractivity contribution in [2.75, 3.05) is 18.0 Å². The van der Waals surface area contributed by atoms with Gasteiger partial charge < -0.3 is 10.6 Å². The number of aromatic nitrogens is 2. The van der Waals surface area contributed by atoms with Gasteiger partial charge in [0.1, 0.15) is 5.69 Å². The highest BCUT2D eigenvalue weighted by Gasteiger charge is 2.34. The minimum atomic E-state index is -0.333. The summed E-state index contributed by atoms with van der Waals surface area (Å²) >= 11 is 0. The van der Waals surface area contributed by atoms with E-state index in [2.05, 4.69) is 12.0 Å². The van der Waals surface area contributed by atoms with Crippen molar-refractivity contribution >= 4 is 11.5 Å². The highest BCUT2D eigenvalue weighted by atomic mass is 16.6. The summed E-state index contributed by atoms with van der Waals surface area (Å²) in [5.41, 5.74) is 6.70. The summed E-state index contributed by atoms with van der Waals surface area (Å²) in [4.78, 5) is 13.0. The fourth-order valence-electron chi connectivity index (χ4n) is 2.69. The van der Waals surface area contributed by atoms with E-state index in [1.54, 1.807) is 11.6 Å². The molecule has 0 amide bonds. The van der Waals surface area contributed by atoms with Crippen molar-refractivity contribution in [1.82, 2.24) is 9.78 Å². The molecule has 1 aromatic heterocycles.